The molecule has 0 spiro atoms. The second kappa shape index (κ2) is 13.8. The van der Waals surface area contributed by atoms with E-state index in [1.165, 1.54) is 0 Å². The molecule has 0 saturated carbocycles. The summed E-state index contributed by atoms with van der Waals surface area (Å²) in [5.41, 5.74) is 12.7. The molecule has 0 aliphatic carbocycles. The zero-order valence-corrected chi connectivity index (χ0v) is 29.9. The molecule has 55 heavy (non-hydrogen) atoms. The van der Waals surface area contributed by atoms with Crippen LogP contribution in [0.1, 0.15) is 11.1 Å². The van der Waals surface area contributed by atoms with E-state index >= 15 is 0 Å². The molecule has 8 aromatic carbocycles. The third-order valence-corrected chi connectivity index (χ3v) is 10.2. The van der Waals surface area contributed by atoms with Crippen LogP contribution in [0.5, 0.6) is 0 Å². The SMILES string of the molecule is c1ccc(C2=NC(=c3cccc/c3=c3/ccc4c(c3)-c3cc(-c5ccc(N(c6ccccc6)c6ccccc6)cc5)ccc3N=4)N=C2c2ccccc2)cc1. The summed E-state index contributed by atoms with van der Waals surface area (Å²) >= 11 is 0. The number of rotatable bonds is 6. The monoisotopic (exact) mass is 702 g/mol. The lowest BCUT2D eigenvalue weighted by Crippen LogP contribution is -2.13. The van der Waals surface area contributed by atoms with Crippen LogP contribution in [0.25, 0.3) is 28.1 Å². The highest BCUT2D eigenvalue weighted by Gasteiger charge is 2.21. The molecular formula is C51H34N4. The fourth-order valence-electron chi connectivity index (χ4n) is 7.57. The second-order valence-corrected chi connectivity index (χ2v) is 13.7. The summed E-state index contributed by atoms with van der Waals surface area (Å²) in [6.07, 6.45) is 0. The molecule has 0 amide bonds. The Morgan fingerprint density at radius 3 is 1.44 bits per heavy atom. The van der Waals surface area contributed by atoms with Gasteiger partial charge in [0.1, 0.15) is 0 Å². The van der Waals surface area contributed by atoms with Gasteiger partial charge in [-0.3, -0.25) is 0 Å². The molecule has 4 nitrogen and oxygen atoms in total. The third-order valence-electron chi connectivity index (χ3n) is 10.2. The maximum Gasteiger partial charge on any atom is 0.161 e. The Labute approximate surface area is 319 Å². The molecule has 0 N–H and O–H groups in total. The maximum absolute atomic E-state index is 5.19. The molecule has 0 atom stereocenters. The Morgan fingerprint density at radius 2 is 0.836 bits per heavy atom. The van der Waals surface area contributed by atoms with Crippen molar-refractivity contribution in [2.24, 2.45) is 15.0 Å². The molecule has 2 aliphatic rings. The van der Waals surface area contributed by atoms with Gasteiger partial charge in [-0.2, -0.15) is 0 Å². The molecule has 0 saturated heterocycles. The van der Waals surface area contributed by atoms with Crippen molar-refractivity contribution < 1.29 is 0 Å². The van der Waals surface area contributed by atoms with Crippen molar-refractivity contribution in [2.75, 3.05) is 4.90 Å². The minimum absolute atomic E-state index is 0.711. The van der Waals surface area contributed by atoms with E-state index in [2.05, 4.69) is 175 Å². The van der Waals surface area contributed by atoms with Crippen LogP contribution in [0.3, 0.4) is 0 Å². The minimum Gasteiger partial charge on any atom is -0.311 e. The largest absolute Gasteiger partial charge is 0.311 e. The number of fused-ring (bicyclic) bond motifs is 3. The topological polar surface area (TPSA) is 40.3 Å². The number of hydrogen-bond acceptors (Lipinski definition) is 4. The van der Waals surface area contributed by atoms with E-state index in [0.29, 0.717) is 5.82 Å². The fraction of sp³-hybridized carbons (Fsp3) is 0. The van der Waals surface area contributed by atoms with Crippen LogP contribution in [-0.4, -0.2) is 11.4 Å². The van der Waals surface area contributed by atoms with E-state index in [9.17, 15) is 0 Å². The van der Waals surface area contributed by atoms with Crippen molar-refractivity contribution >= 4 is 40.0 Å². The summed E-state index contributed by atoms with van der Waals surface area (Å²) < 4.78 is 0. The molecule has 4 heteroatoms. The lowest BCUT2D eigenvalue weighted by Gasteiger charge is -2.25. The Morgan fingerprint density at radius 1 is 0.327 bits per heavy atom. The van der Waals surface area contributed by atoms with Crippen LogP contribution in [0.15, 0.2) is 221 Å². The highest BCUT2D eigenvalue weighted by atomic mass is 15.1. The average Bonchev–Trinajstić information content (AvgIpc) is 3.87. The average molecular weight is 703 g/mol. The third kappa shape index (κ3) is 6.06. The molecule has 0 unspecified atom stereocenters. The van der Waals surface area contributed by atoms with Gasteiger partial charge in [0.05, 0.1) is 22.5 Å². The van der Waals surface area contributed by atoms with E-state index in [4.69, 9.17) is 15.0 Å². The molecule has 8 aromatic rings. The van der Waals surface area contributed by atoms with Gasteiger partial charge in [0, 0.05) is 44.5 Å². The second-order valence-electron chi connectivity index (χ2n) is 13.7. The molecule has 10 rings (SSSR count). The van der Waals surface area contributed by atoms with Gasteiger partial charge in [-0.15, -0.1) is 0 Å². The number of benzene rings is 8. The van der Waals surface area contributed by atoms with Crippen LogP contribution < -0.4 is 15.5 Å². The van der Waals surface area contributed by atoms with Gasteiger partial charge in [0.15, 0.2) is 5.82 Å². The zero-order valence-electron chi connectivity index (χ0n) is 29.9. The molecule has 0 bridgehead atoms. The van der Waals surface area contributed by atoms with E-state index in [0.717, 1.165) is 88.6 Å². The molecular weight excluding hydrogens is 669 g/mol. The first-order valence-electron chi connectivity index (χ1n) is 18.5. The molecule has 2 heterocycles. The van der Waals surface area contributed by atoms with Gasteiger partial charge in [-0.1, -0.05) is 146 Å². The molecule has 0 fully saturated rings. The minimum atomic E-state index is 0.711. The van der Waals surface area contributed by atoms with Gasteiger partial charge in [0.2, 0.25) is 0 Å². The van der Waals surface area contributed by atoms with E-state index in [-0.39, 0.29) is 0 Å². The lowest BCUT2D eigenvalue weighted by molar-refractivity contribution is 1.28. The zero-order chi connectivity index (χ0) is 36.6. The summed E-state index contributed by atoms with van der Waals surface area (Å²) in [6.45, 7) is 0. The summed E-state index contributed by atoms with van der Waals surface area (Å²) in [6, 6.07) is 72.1. The van der Waals surface area contributed by atoms with Gasteiger partial charge < -0.3 is 4.90 Å². The Balaban J connectivity index is 1.06. The van der Waals surface area contributed by atoms with Crippen molar-refractivity contribution in [2.45, 2.75) is 0 Å². The standard InChI is InChI=1S/C51H34N4/c1-5-15-36(16-6-1)49-50(37-17-7-2-8-18-37)54-51(53-49)44-24-14-13-23-43(44)39-28-32-48-46(34-39)45-33-38(27-31-47(45)52-48)35-25-29-42(30-26-35)55(40-19-9-3-10-20-40)41-21-11-4-12-22-41/h1-34H/b43-39+. The first-order valence-corrected chi connectivity index (χ1v) is 18.5. The highest BCUT2D eigenvalue weighted by Crippen LogP contribution is 2.38. The number of aliphatic imine (C=N–C) groups is 2. The first kappa shape index (κ1) is 32.2. The Kier molecular flexibility index (Phi) is 8.12. The van der Waals surface area contributed by atoms with Crippen LogP contribution in [0, 0.1) is 10.4 Å². The van der Waals surface area contributed by atoms with Gasteiger partial charge in [0.25, 0.3) is 0 Å². The van der Waals surface area contributed by atoms with Crippen LogP contribution in [0.4, 0.5) is 22.7 Å². The van der Waals surface area contributed by atoms with E-state index in [1.54, 1.807) is 0 Å². The van der Waals surface area contributed by atoms with E-state index in [1.807, 2.05) is 36.4 Å². The molecule has 2 aliphatic heterocycles. The predicted molar refractivity (Wildman–Crippen MR) is 226 cm³/mol. The number of nitrogens with zero attached hydrogens (tertiary/aromatic N) is 4. The van der Waals surface area contributed by atoms with Crippen molar-refractivity contribution in [3.05, 3.63) is 238 Å². The summed E-state index contributed by atoms with van der Waals surface area (Å²) in [7, 11) is 0. The molecule has 0 aromatic heterocycles. The van der Waals surface area contributed by atoms with Gasteiger partial charge in [-0.25, -0.2) is 15.0 Å². The van der Waals surface area contributed by atoms with Crippen molar-refractivity contribution in [3.8, 4) is 22.3 Å². The van der Waals surface area contributed by atoms with Crippen molar-refractivity contribution in [3.63, 3.8) is 0 Å². The number of hydrogen-bond donors (Lipinski definition) is 0. The normalized spacial score (nSPS) is 13.3. The Bertz CT molecular complexity index is 2900. The Hall–Kier alpha value is -7.43. The van der Waals surface area contributed by atoms with Gasteiger partial charge in [-0.05, 0) is 82.2 Å². The molecule has 0 radical (unpaired) electrons. The predicted octanol–water partition coefficient (Wildman–Crippen LogP) is 11.1. The van der Waals surface area contributed by atoms with Crippen molar-refractivity contribution in [1.82, 2.24) is 0 Å². The van der Waals surface area contributed by atoms with Crippen LogP contribution in [0.2, 0.25) is 0 Å². The smallest absolute Gasteiger partial charge is 0.161 e. The maximum atomic E-state index is 5.19. The van der Waals surface area contributed by atoms with Crippen LogP contribution >= 0.6 is 0 Å². The van der Waals surface area contributed by atoms with Crippen molar-refractivity contribution in [1.29, 1.82) is 0 Å². The van der Waals surface area contributed by atoms with E-state index < -0.39 is 0 Å². The molecule has 258 valence electrons. The number of anilines is 3. The summed E-state index contributed by atoms with van der Waals surface area (Å²) in [5, 5.41) is 4.15. The van der Waals surface area contributed by atoms with Gasteiger partial charge >= 0.3 is 0 Å². The van der Waals surface area contributed by atoms with Crippen LogP contribution in [-0.2, 0) is 0 Å². The first-order chi connectivity index (χ1) is 27.3. The highest BCUT2D eigenvalue weighted by molar-refractivity contribution is 6.56. The number of para-hydroxylation sites is 2. The fourth-order valence-corrected chi connectivity index (χ4v) is 7.57. The quantitative estimate of drug-likeness (QED) is 0.170. The summed E-state index contributed by atoms with van der Waals surface area (Å²) in [5.74, 6) is 0.711. The lowest BCUT2D eigenvalue weighted by atomic mass is 9.98. The summed E-state index contributed by atoms with van der Waals surface area (Å²) in [4.78, 5) is 17.7.